The van der Waals surface area contributed by atoms with E-state index in [2.05, 4.69) is 4.74 Å². The van der Waals surface area contributed by atoms with Crippen LogP contribution in [0.25, 0.3) is 0 Å². The molecule has 1 rings (SSSR count). The summed E-state index contributed by atoms with van der Waals surface area (Å²) in [5.41, 5.74) is 0. The Morgan fingerprint density at radius 2 is 1.94 bits per heavy atom. The molecule has 7 heteroatoms. The van der Waals surface area contributed by atoms with Crippen LogP contribution in [0, 0.1) is 16.6 Å². The number of nitrogens with zero attached hydrogens (tertiary/aromatic N) is 1. The first-order chi connectivity index (χ1) is 8.04. The number of ether oxygens (including phenoxy) is 1. The molecule has 0 unspecified atom stereocenters. The van der Waals surface area contributed by atoms with E-state index in [9.17, 15) is 13.2 Å². The Kier molecular flexibility index (Phi) is 7.02. The fourth-order valence-electron chi connectivity index (χ4n) is 1.13. The van der Waals surface area contributed by atoms with E-state index in [1.54, 1.807) is 6.07 Å². The number of carbonyl (C=O) groups excluding carboxylic acids is 1. The molecular formula is C11H10NNaO4S. The molecule has 1 aromatic carbocycles. The summed E-state index contributed by atoms with van der Waals surface area (Å²) in [5, 5.41) is 7.86. The number of benzene rings is 1. The number of rotatable bonds is 4. The molecule has 0 bridgehead atoms. The minimum Gasteiger partial charge on any atom is -0.486 e. The minimum absolute atomic E-state index is 0. The Morgan fingerprint density at radius 3 is 2.39 bits per heavy atom. The first-order valence-electron chi connectivity index (χ1n) is 4.78. The first kappa shape index (κ1) is 17.0. The van der Waals surface area contributed by atoms with Gasteiger partial charge in [-0.1, -0.05) is 29.5 Å². The predicted molar refractivity (Wildman–Crippen MR) is 59.1 cm³/mol. The van der Waals surface area contributed by atoms with Crippen molar-refractivity contribution in [1.29, 1.82) is 5.26 Å². The molecule has 0 radical (unpaired) electrons. The normalized spacial score (nSPS) is 9.78. The molecule has 0 aliphatic carbocycles. The van der Waals surface area contributed by atoms with Crippen molar-refractivity contribution in [2.45, 2.75) is 11.8 Å². The number of sulfone groups is 1. The number of hydrogen-bond donors (Lipinski definition) is 0. The molecular weight excluding hydrogens is 265 g/mol. The Labute approximate surface area is 128 Å². The Balaban J connectivity index is 0.00000289. The SMILES string of the molecule is CCOC(=O)[C-](C#N)S(=O)(=O)c1ccccc1.[Na+]. The van der Waals surface area contributed by atoms with Gasteiger partial charge in [0.2, 0.25) is 0 Å². The van der Waals surface area contributed by atoms with Gasteiger partial charge in [-0.2, -0.15) is 0 Å². The van der Waals surface area contributed by atoms with E-state index in [0.29, 0.717) is 0 Å². The van der Waals surface area contributed by atoms with Gasteiger partial charge in [-0.15, -0.1) is 0 Å². The van der Waals surface area contributed by atoms with Crippen LogP contribution in [0.3, 0.4) is 0 Å². The molecule has 0 saturated heterocycles. The molecule has 0 amide bonds. The second kappa shape index (κ2) is 7.44. The summed E-state index contributed by atoms with van der Waals surface area (Å²) in [6.45, 7) is 1.54. The van der Waals surface area contributed by atoms with Crippen molar-refractivity contribution in [3.8, 4) is 6.07 Å². The average molecular weight is 275 g/mol. The zero-order chi connectivity index (χ0) is 12.9. The van der Waals surface area contributed by atoms with Gasteiger partial charge in [0.25, 0.3) is 0 Å². The fourth-order valence-corrected chi connectivity index (χ4v) is 2.28. The number of hydrogen-bond acceptors (Lipinski definition) is 5. The molecule has 0 saturated carbocycles. The molecule has 0 spiro atoms. The molecule has 0 aliphatic heterocycles. The van der Waals surface area contributed by atoms with Gasteiger partial charge >= 0.3 is 29.6 Å². The topological polar surface area (TPSA) is 84.2 Å². The second-order valence-corrected chi connectivity index (χ2v) is 4.86. The number of carbonyl (C=O) groups is 1. The third-order valence-electron chi connectivity index (χ3n) is 1.88. The van der Waals surface area contributed by atoms with Crippen LogP contribution in [0.15, 0.2) is 35.2 Å². The first-order valence-corrected chi connectivity index (χ1v) is 6.26. The van der Waals surface area contributed by atoms with Gasteiger partial charge < -0.3 is 4.74 Å². The predicted octanol–water partition coefficient (Wildman–Crippen LogP) is -1.92. The van der Waals surface area contributed by atoms with E-state index in [0.717, 1.165) is 0 Å². The maximum absolute atomic E-state index is 11.9. The molecule has 0 aromatic heterocycles. The van der Waals surface area contributed by atoms with E-state index in [1.165, 1.54) is 37.3 Å². The summed E-state index contributed by atoms with van der Waals surface area (Å²) < 4.78 is 28.4. The van der Waals surface area contributed by atoms with Crippen molar-refractivity contribution in [3.63, 3.8) is 0 Å². The van der Waals surface area contributed by atoms with Gasteiger partial charge in [-0.25, -0.2) is 5.26 Å². The molecule has 5 nitrogen and oxygen atoms in total. The Bertz CT molecular complexity index is 536. The van der Waals surface area contributed by atoms with Gasteiger partial charge in [-0.3, -0.25) is 13.2 Å². The number of nitriles is 1. The van der Waals surface area contributed by atoms with Crippen LogP contribution in [-0.4, -0.2) is 21.0 Å². The molecule has 0 heterocycles. The molecule has 0 atom stereocenters. The zero-order valence-corrected chi connectivity index (χ0v) is 12.9. The van der Waals surface area contributed by atoms with Crippen molar-refractivity contribution in [2.75, 3.05) is 6.61 Å². The molecule has 90 valence electrons. The Morgan fingerprint density at radius 1 is 1.39 bits per heavy atom. The Hall–Kier alpha value is -1.000. The van der Waals surface area contributed by atoms with Crippen molar-refractivity contribution in [3.05, 3.63) is 35.6 Å². The van der Waals surface area contributed by atoms with Gasteiger partial charge in [0.15, 0.2) is 5.97 Å². The van der Waals surface area contributed by atoms with Crippen LogP contribution >= 0.6 is 0 Å². The largest absolute Gasteiger partial charge is 1.00 e. The van der Waals surface area contributed by atoms with Crippen LogP contribution < -0.4 is 29.6 Å². The molecule has 0 N–H and O–H groups in total. The summed E-state index contributed by atoms with van der Waals surface area (Å²) in [5.74, 6) is -1.13. The summed E-state index contributed by atoms with van der Waals surface area (Å²) in [6, 6.07) is 8.65. The maximum Gasteiger partial charge on any atom is 1.00 e. The average Bonchev–Trinajstić information content (AvgIpc) is 2.31. The van der Waals surface area contributed by atoms with Gasteiger partial charge in [-0.05, 0) is 19.1 Å². The van der Waals surface area contributed by atoms with Gasteiger partial charge in [0, 0.05) is 4.90 Å². The summed E-state index contributed by atoms with van der Waals surface area (Å²) >= 11 is 0. The summed E-state index contributed by atoms with van der Waals surface area (Å²) in [7, 11) is -4.09. The van der Waals surface area contributed by atoms with Crippen LogP contribution in [0.4, 0.5) is 0 Å². The third kappa shape index (κ3) is 3.75. The van der Waals surface area contributed by atoms with Crippen LogP contribution in [0.5, 0.6) is 0 Å². The zero-order valence-electron chi connectivity index (χ0n) is 10.1. The fraction of sp³-hybridized carbons (Fsp3) is 0.182. The minimum atomic E-state index is -4.09. The van der Waals surface area contributed by atoms with Gasteiger partial charge in [0.05, 0.1) is 16.4 Å². The van der Waals surface area contributed by atoms with Crippen molar-refractivity contribution < 1.29 is 47.5 Å². The van der Waals surface area contributed by atoms with E-state index in [-0.39, 0.29) is 41.1 Å². The standard InChI is InChI=1S/C11H10NO4S.Na/c1-2-16-11(13)10(8-12)17(14,15)9-6-4-3-5-7-9;/h3-7H,2H2,1H3;/q-1;+1. The van der Waals surface area contributed by atoms with Gasteiger partial charge in [0.1, 0.15) is 0 Å². The van der Waals surface area contributed by atoms with Crippen molar-refractivity contribution >= 4 is 15.8 Å². The van der Waals surface area contributed by atoms with E-state index >= 15 is 0 Å². The molecule has 0 aliphatic rings. The van der Waals surface area contributed by atoms with E-state index in [4.69, 9.17) is 5.26 Å². The molecule has 18 heavy (non-hydrogen) atoms. The molecule has 0 fully saturated rings. The van der Waals surface area contributed by atoms with E-state index in [1.807, 2.05) is 0 Å². The quantitative estimate of drug-likeness (QED) is 0.363. The van der Waals surface area contributed by atoms with Crippen LogP contribution in [0.2, 0.25) is 0 Å². The van der Waals surface area contributed by atoms with Crippen molar-refractivity contribution in [1.82, 2.24) is 0 Å². The maximum atomic E-state index is 11.9. The smallest absolute Gasteiger partial charge is 0.486 e. The van der Waals surface area contributed by atoms with Crippen LogP contribution in [-0.2, 0) is 19.4 Å². The summed E-state index contributed by atoms with van der Waals surface area (Å²) in [4.78, 5) is 11.2. The summed E-state index contributed by atoms with van der Waals surface area (Å²) in [6.07, 6.45) is 0. The van der Waals surface area contributed by atoms with Crippen LogP contribution in [0.1, 0.15) is 6.92 Å². The van der Waals surface area contributed by atoms with E-state index < -0.39 is 21.1 Å². The monoisotopic (exact) mass is 275 g/mol. The third-order valence-corrected chi connectivity index (χ3v) is 3.57. The number of esters is 1. The second-order valence-electron chi connectivity index (χ2n) is 2.98. The molecule has 1 aromatic rings. The van der Waals surface area contributed by atoms with Crippen molar-refractivity contribution in [2.24, 2.45) is 0 Å².